The number of carbonyl (C=O) groups excluding carboxylic acids is 1. The first-order chi connectivity index (χ1) is 10.2. The number of hydrogen-bond acceptors (Lipinski definition) is 6. The Labute approximate surface area is 121 Å². The Bertz CT molecular complexity index is 601. The number of furan rings is 1. The smallest absolute Gasteiger partial charge is 0.300 e. The average molecular weight is 292 g/mol. The van der Waals surface area contributed by atoms with Gasteiger partial charge < -0.3 is 18.6 Å². The number of amides is 1. The van der Waals surface area contributed by atoms with Gasteiger partial charge in [-0.2, -0.15) is 0 Å². The lowest BCUT2D eigenvalue weighted by atomic mass is 10.3. The zero-order valence-corrected chi connectivity index (χ0v) is 11.7. The van der Waals surface area contributed by atoms with Gasteiger partial charge in [-0.15, -0.1) is 0 Å². The van der Waals surface area contributed by atoms with E-state index in [2.05, 4.69) is 0 Å². The molecule has 0 spiro atoms. The molecule has 7 nitrogen and oxygen atoms in total. The minimum Gasteiger partial charge on any atom is -0.493 e. The van der Waals surface area contributed by atoms with E-state index in [1.807, 2.05) is 5.43 Å². The van der Waals surface area contributed by atoms with E-state index in [1.54, 1.807) is 24.3 Å². The maximum atomic E-state index is 11.3. The van der Waals surface area contributed by atoms with E-state index in [4.69, 9.17) is 24.5 Å². The summed E-state index contributed by atoms with van der Waals surface area (Å²) in [4.78, 5) is 11.3. The average Bonchev–Trinajstić information content (AvgIpc) is 3.00. The van der Waals surface area contributed by atoms with E-state index in [9.17, 15) is 4.79 Å². The Morgan fingerprint density at radius 2 is 1.86 bits per heavy atom. The molecule has 0 aliphatic carbocycles. The minimum atomic E-state index is -0.504. The number of hydrogen-bond donors (Lipinski definition) is 2. The third-order valence-corrected chi connectivity index (χ3v) is 2.76. The number of rotatable bonds is 6. The monoisotopic (exact) mass is 292 g/mol. The highest BCUT2D eigenvalue weighted by molar-refractivity contribution is 5.90. The van der Waals surface area contributed by atoms with Gasteiger partial charge in [-0.3, -0.25) is 10.2 Å². The molecule has 1 heterocycles. The molecule has 112 valence electrons. The zero-order valence-electron chi connectivity index (χ0n) is 11.7. The number of nitrogens with two attached hydrogens (primary N) is 1. The van der Waals surface area contributed by atoms with Crippen molar-refractivity contribution in [1.29, 1.82) is 0 Å². The number of hydrazine groups is 1. The van der Waals surface area contributed by atoms with Crippen molar-refractivity contribution in [3.8, 4) is 17.2 Å². The molecule has 7 heteroatoms. The third-order valence-electron chi connectivity index (χ3n) is 2.76. The van der Waals surface area contributed by atoms with Gasteiger partial charge in [0.15, 0.2) is 17.3 Å². The fourth-order valence-electron chi connectivity index (χ4n) is 1.75. The SMILES string of the molecule is COc1cccc(OC)c1OCc1ccc(C(=O)NN)o1. The fourth-order valence-corrected chi connectivity index (χ4v) is 1.75. The van der Waals surface area contributed by atoms with Gasteiger partial charge in [0.2, 0.25) is 5.75 Å². The summed E-state index contributed by atoms with van der Waals surface area (Å²) in [5, 5.41) is 0. The van der Waals surface area contributed by atoms with Crippen molar-refractivity contribution in [2.75, 3.05) is 14.2 Å². The van der Waals surface area contributed by atoms with Crippen molar-refractivity contribution in [1.82, 2.24) is 5.43 Å². The van der Waals surface area contributed by atoms with E-state index in [0.29, 0.717) is 23.0 Å². The molecule has 0 aliphatic heterocycles. The second-order valence-corrected chi connectivity index (χ2v) is 4.02. The Hall–Kier alpha value is -2.67. The summed E-state index contributed by atoms with van der Waals surface area (Å²) in [5.41, 5.74) is 1.99. The van der Waals surface area contributed by atoms with Crippen LogP contribution in [0, 0.1) is 0 Å². The molecule has 1 amide bonds. The second-order valence-electron chi connectivity index (χ2n) is 4.02. The van der Waals surface area contributed by atoms with E-state index >= 15 is 0 Å². The number of carbonyl (C=O) groups is 1. The molecule has 0 saturated carbocycles. The van der Waals surface area contributed by atoms with Crippen LogP contribution >= 0.6 is 0 Å². The Kier molecular flexibility index (Phi) is 4.68. The van der Waals surface area contributed by atoms with Gasteiger partial charge in [0.05, 0.1) is 14.2 Å². The van der Waals surface area contributed by atoms with Crippen molar-refractivity contribution in [2.45, 2.75) is 6.61 Å². The molecule has 1 aromatic carbocycles. The van der Waals surface area contributed by atoms with Crippen LogP contribution in [0.25, 0.3) is 0 Å². The number of nitrogen functional groups attached to an aromatic ring is 1. The highest BCUT2D eigenvalue weighted by atomic mass is 16.5. The highest BCUT2D eigenvalue weighted by Gasteiger charge is 2.14. The van der Waals surface area contributed by atoms with Crippen molar-refractivity contribution < 1.29 is 23.4 Å². The summed E-state index contributed by atoms with van der Waals surface area (Å²) < 4.78 is 21.4. The lowest BCUT2D eigenvalue weighted by Crippen LogP contribution is -2.29. The summed E-state index contributed by atoms with van der Waals surface area (Å²) in [6.45, 7) is 0.120. The molecule has 0 aliphatic rings. The molecule has 1 aromatic heterocycles. The first-order valence-corrected chi connectivity index (χ1v) is 6.13. The molecular formula is C14H16N2O5. The van der Waals surface area contributed by atoms with Gasteiger partial charge in [0.1, 0.15) is 12.4 Å². The van der Waals surface area contributed by atoms with Gasteiger partial charge >= 0.3 is 5.91 Å². The largest absolute Gasteiger partial charge is 0.493 e. The molecule has 2 aromatic rings. The van der Waals surface area contributed by atoms with E-state index < -0.39 is 5.91 Å². The molecule has 0 fully saturated rings. The predicted octanol–water partition coefficient (Wildman–Crippen LogP) is 1.48. The normalized spacial score (nSPS) is 10.0. The molecule has 21 heavy (non-hydrogen) atoms. The minimum absolute atomic E-state index is 0.114. The van der Waals surface area contributed by atoms with Crippen molar-refractivity contribution in [3.05, 3.63) is 41.9 Å². The Balaban J connectivity index is 2.13. The summed E-state index contributed by atoms with van der Waals surface area (Å²) in [7, 11) is 3.08. The fraction of sp³-hybridized carbons (Fsp3) is 0.214. The lowest BCUT2D eigenvalue weighted by Gasteiger charge is -2.13. The number of para-hydroxylation sites is 1. The predicted molar refractivity (Wildman–Crippen MR) is 74.2 cm³/mol. The summed E-state index contributed by atoms with van der Waals surface area (Å²) in [6.07, 6.45) is 0. The lowest BCUT2D eigenvalue weighted by molar-refractivity contribution is 0.0921. The van der Waals surface area contributed by atoms with Crippen LogP contribution in [0.3, 0.4) is 0 Å². The van der Waals surface area contributed by atoms with Gasteiger partial charge in [-0.1, -0.05) is 6.07 Å². The van der Waals surface area contributed by atoms with Crippen LogP contribution in [0.15, 0.2) is 34.7 Å². The summed E-state index contributed by atoms with van der Waals surface area (Å²) in [5.74, 6) is 6.66. The van der Waals surface area contributed by atoms with E-state index in [0.717, 1.165) is 0 Å². The molecule has 0 radical (unpaired) electrons. The number of benzene rings is 1. The first kappa shape index (κ1) is 14.7. The van der Waals surface area contributed by atoms with Crippen molar-refractivity contribution in [2.24, 2.45) is 5.84 Å². The second kappa shape index (κ2) is 6.67. The topological polar surface area (TPSA) is 96.0 Å². The first-order valence-electron chi connectivity index (χ1n) is 6.13. The van der Waals surface area contributed by atoms with Crippen molar-refractivity contribution in [3.63, 3.8) is 0 Å². The highest BCUT2D eigenvalue weighted by Crippen LogP contribution is 2.37. The third kappa shape index (κ3) is 3.26. The molecule has 0 unspecified atom stereocenters. The van der Waals surface area contributed by atoms with Crippen molar-refractivity contribution >= 4 is 5.91 Å². The van der Waals surface area contributed by atoms with Gasteiger partial charge in [0.25, 0.3) is 0 Å². The van der Waals surface area contributed by atoms with Crippen LogP contribution in [0.2, 0.25) is 0 Å². The zero-order chi connectivity index (χ0) is 15.2. The van der Waals surface area contributed by atoms with Crippen LogP contribution in [0.4, 0.5) is 0 Å². The number of ether oxygens (including phenoxy) is 3. The summed E-state index contributed by atoms with van der Waals surface area (Å²) >= 11 is 0. The van der Waals surface area contributed by atoms with Crippen LogP contribution in [0.1, 0.15) is 16.3 Å². The van der Waals surface area contributed by atoms with Crippen LogP contribution in [-0.2, 0) is 6.61 Å². The van der Waals surface area contributed by atoms with Crippen LogP contribution < -0.4 is 25.5 Å². The number of nitrogens with one attached hydrogen (secondary N) is 1. The number of methoxy groups -OCH3 is 2. The van der Waals surface area contributed by atoms with E-state index in [-0.39, 0.29) is 12.4 Å². The maximum absolute atomic E-state index is 11.3. The molecule has 2 rings (SSSR count). The molecule has 0 saturated heterocycles. The molecule has 0 bridgehead atoms. The maximum Gasteiger partial charge on any atom is 0.300 e. The molecule has 3 N–H and O–H groups in total. The Morgan fingerprint density at radius 1 is 1.19 bits per heavy atom. The molecular weight excluding hydrogens is 276 g/mol. The van der Waals surface area contributed by atoms with Crippen LogP contribution in [-0.4, -0.2) is 20.1 Å². The van der Waals surface area contributed by atoms with Gasteiger partial charge in [-0.05, 0) is 24.3 Å². The van der Waals surface area contributed by atoms with Gasteiger partial charge in [0, 0.05) is 0 Å². The van der Waals surface area contributed by atoms with Crippen LogP contribution in [0.5, 0.6) is 17.2 Å². The summed E-state index contributed by atoms with van der Waals surface area (Å²) in [6, 6.07) is 8.45. The quantitative estimate of drug-likeness (QED) is 0.475. The Morgan fingerprint density at radius 3 is 2.43 bits per heavy atom. The molecule has 0 atom stereocenters. The van der Waals surface area contributed by atoms with Gasteiger partial charge in [-0.25, -0.2) is 5.84 Å². The van der Waals surface area contributed by atoms with E-state index in [1.165, 1.54) is 20.3 Å². The standard InChI is InChI=1S/C14H16N2O5/c1-18-10-4-3-5-11(19-2)13(10)20-8-9-6-7-12(21-9)14(17)16-15/h3-7H,8,15H2,1-2H3,(H,16,17).